The lowest BCUT2D eigenvalue weighted by molar-refractivity contribution is 0.0691. The van der Waals surface area contributed by atoms with Gasteiger partial charge in [0.1, 0.15) is 0 Å². The minimum atomic E-state index is -0.885. The Morgan fingerprint density at radius 1 is 1.32 bits per heavy atom. The van der Waals surface area contributed by atoms with Crippen LogP contribution in [0.2, 0.25) is 0 Å². The Labute approximate surface area is 113 Å². The molecule has 2 heterocycles. The van der Waals surface area contributed by atoms with Crippen molar-refractivity contribution in [3.05, 3.63) is 23.5 Å². The molecule has 1 N–H and O–H groups in total. The number of carbonyl (C=O) groups is 1. The number of hydrogen-bond donors (Lipinski definition) is 1. The number of aromatic carboxylic acids is 1. The number of methoxy groups -OCH3 is 1. The molecule has 0 unspecified atom stereocenters. The van der Waals surface area contributed by atoms with Crippen molar-refractivity contribution in [2.75, 3.05) is 26.7 Å². The van der Waals surface area contributed by atoms with Crippen molar-refractivity contribution in [1.82, 2.24) is 9.47 Å². The van der Waals surface area contributed by atoms with Gasteiger partial charge in [0.25, 0.3) is 0 Å². The second kappa shape index (κ2) is 6.73. The SMILES string of the molecule is COCc1c(C(=O)O)ccn1CCN1CCCCC1. The van der Waals surface area contributed by atoms with Crippen LogP contribution in [0.5, 0.6) is 0 Å². The molecule has 0 saturated carbocycles. The maximum Gasteiger partial charge on any atom is 0.337 e. The number of carboxylic acids is 1. The van der Waals surface area contributed by atoms with Crippen molar-refractivity contribution in [1.29, 1.82) is 0 Å². The maximum atomic E-state index is 11.1. The highest BCUT2D eigenvalue weighted by Gasteiger charge is 2.16. The molecule has 0 bridgehead atoms. The number of nitrogens with zero attached hydrogens (tertiary/aromatic N) is 2. The van der Waals surface area contributed by atoms with E-state index in [1.54, 1.807) is 13.2 Å². The van der Waals surface area contributed by atoms with Crippen LogP contribution in [0.1, 0.15) is 35.3 Å². The Morgan fingerprint density at radius 3 is 2.68 bits per heavy atom. The smallest absolute Gasteiger partial charge is 0.337 e. The van der Waals surface area contributed by atoms with E-state index in [4.69, 9.17) is 9.84 Å². The highest BCUT2D eigenvalue weighted by Crippen LogP contribution is 2.14. The third-order valence-corrected chi connectivity index (χ3v) is 3.70. The fourth-order valence-electron chi connectivity index (χ4n) is 2.64. The van der Waals surface area contributed by atoms with E-state index < -0.39 is 5.97 Å². The standard InChI is InChI=1S/C14H22N2O3/c1-19-11-13-12(14(17)18)5-8-16(13)10-9-15-6-3-2-4-7-15/h5,8H,2-4,6-7,9-11H2,1H3,(H,17,18). The highest BCUT2D eigenvalue weighted by atomic mass is 16.5. The third-order valence-electron chi connectivity index (χ3n) is 3.70. The molecule has 0 amide bonds. The number of aromatic nitrogens is 1. The van der Waals surface area contributed by atoms with Crippen molar-refractivity contribution in [2.24, 2.45) is 0 Å². The van der Waals surface area contributed by atoms with Gasteiger partial charge in [-0.1, -0.05) is 6.42 Å². The fraction of sp³-hybridized carbons (Fsp3) is 0.643. The molecule has 19 heavy (non-hydrogen) atoms. The summed E-state index contributed by atoms with van der Waals surface area (Å²) in [5.41, 5.74) is 1.10. The van der Waals surface area contributed by atoms with Crippen LogP contribution < -0.4 is 0 Å². The van der Waals surface area contributed by atoms with Gasteiger partial charge in [-0.15, -0.1) is 0 Å². The van der Waals surface area contributed by atoms with Crippen molar-refractivity contribution < 1.29 is 14.6 Å². The van der Waals surface area contributed by atoms with Gasteiger partial charge >= 0.3 is 5.97 Å². The van der Waals surface area contributed by atoms with E-state index in [9.17, 15) is 4.79 Å². The zero-order valence-electron chi connectivity index (χ0n) is 11.5. The van der Waals surface area contributed by atoms with Crippen LogP contribution in [0.4, 0.5) is 0 Å². The first-order valence-electron chi connectivity index (χ1n) is 6.85. The second-order valence-electron chi connectivity index (χ2n) is 5.01. The number of piperidine rings is 1. The van der Waals surface area contributed by atoms with E-state index in [1.807, 2.05) is 10.8 Å². The van der Waals surface area contributed by atoms with Crippen LogP contribution in [0.15, 0.2) is 12.3 Å². The van der Waals surface area contributed by atoms with E-state index in [-0.39, 0.29) is 0 Å². The molecule has 0 aliphatic carbocycles. The van der Waals surface area contributed by atoms with Crippen LogP contribution >= 0.6 is 0 Å². The molecule has 0 aromatic carbocycles. The molecule has 1 aliphatic heterocycles. The predicted molar refractivity (Wildman–Crippen MR) is 72.4 cm³/mol. The quantitative estimate of drug-likeness (QED) is 0.853. The first-order chi connectivity index (χ1) is 9.22. The van der Waals surface area contributed by atoms with Gasteiger partial charge in [-0.25, -0.2) is 4.79 Å². The summed E-state index contributed by atoms with van der Waals surface area (Å²) in [4.78, 5) is 13.6. The minimum Gasteiger partial charge on any atom is -0.478 e. The van der Waals surface area contributed by atoms with Gasteiger partial charge in [0.2, 0.25) is 0 Å². The molecule has 0 spiro atoms. The van der Waals surface area contributed by atoms with Gasteiger partial charge in [0, 0.05) is 26.4 Å². The van der Waals surface area contributed by atoms with E-state index >= 15 is 0 Å². The molecule has 5 heteroatoms. The maximum absolute atomic E-state index is 11.1. The molecule has 1 aliphatic rings. The predicted octanol–water partition coefficient (Wildman–Crippen LogP) is 1.82. The van der Waals surface area contributed by atoms with Crippen LogP contribution in [0.25, 0.3) is 0 Å². The summed E-state index contributed by atoms with van der Waals surface area (Å²) in [5.74, 6) is -0.885. The Kier molecular flexibility index (Phi) is 4.99. The summed E-state index contributed by atoms with van der Waals surface area (Å²) in [6, 6.07) is 1.66. The molecule has 0 radical (unpaired) electrons. The number of rotatable bonds is 6. The molecule has 2 rings (SSSR count). The molecule has 1 fully saturated rings. The topological polar surface area (TPSA) is 54.7 Å². The summed E-state index contributed by atoms with van der Waals surface area (Å²) >= 11 is 0. The molecule has 1 aromatic rings. The van der Waals surface area contributed by atoms with Crippen LogP contribution in [-0.4, -0.2) is 47.3 Å². The van der Waals surface area contributed by atoms with E-state index in [0.29, 0.717) is 12.2 Å². The lowest BCUT2D eigenvalue weighted by atomic mass is 10.1. The monoisotopic (exact) mass is 266 g/mol. The van der Waals surface area contributed by atoms with E-state index in [2.05, 4.69) is 4.90 Å². The molecule has 0 atom stereocenters. The average Bonchev–Trinajstić information content (AvgIpc) is 2.81. The van der Waals surface area contributed by atoms with Crippen molar-refractivity contribution >= 4 is 5.97 Å². The molecule has 1 saturated heterocycles. The van der Waals surface area contributed by atoms with Crippen LogP contribution in [0.3, 0.4) is 0 Å². The molecule has 5 nitrogen and oxygen atoms in total. The Hall–Kier alpha value is -1.33. The summed E-state index contributed by atoms with van der Waals surface area (Å²) < 4.78 is 7.11. The summed E-state index contributed by atoms with van der Waals surface area (Å²) in [5, 5.41) is 9.14. The van der Waals surface area contributed by atoms with Crippen molar-refractivity contribution in [3.8, 4) is 0 Å². The summed E-state index contributed by atoms with van der Waals surface area (Å²) in [6.45, 7) is 4.46. The van der Waals surface area contributed by atoms with E-state index in [1.165, 1.54) is 19.3 Å². The van der Waals surface area contributed by atoms with Crippen LogP contribution in [-0.2, 0) is 17.9 Å². The lowest BCUT2D eigenvalue weighted by Crippen LogP contribution is -2.32. The molecular formula is C14H22N2O3. The second-order valence-corrected chi connectivity index (χ2v) is 5.01. The largest absolute Gasteiger partial charge is 0.478 e. The zero-order valence-corrected chi connectivity index (χ0v) is 11.5. The minimum absolute atomic E-state index is 0.342. The summed E-state index contributed by atoms with van der Waals surface area (Å²) in [7, 11) is 1.59. The molecular weight excluding hydrogens is 244 g/mol. The Bertz CT molecular complexity index is 422. The number of carboxylic acid groups (broad SMARTS) is 1. The first-order valence-corrected chi connectivity index (χ1v) is 6.85. The van der Waals surface area contributed by atoms with Crippen LogP contribution in [0, 0.1) is 0 Å². The Morgan fingerprint density at radius 2 is 2.05 bits per heavy atom. The van der Waals surface area contributed by atoms with Gasteiger partial charge < -0.3 is 19.3 Å². The third kappa shape index (κ3) is 3.58. The number of hydrogen-bond acceptors (Lipinski definition) is 3. The average molecular weight is 266 g/mol. The number of ether oxygens (including phenoxy) is 1. The fourth-order valence-corrected chi connectivity index (χ4v) is 2.64. The Balaban J connectivity index is 2.00. The van der Waals surface area contributed by atoms with Gasteiger partial charge in [0.15, 0.2) is 0 Å². The van der Waals surface area contributed by atoms with Gasteiger partial charge in [0.05, 0.1) is 17.9 Å². The van der Waals surface area contributed by atoms with Gasteiger partial charge in [-0.3, -0.25) is 0 Å². The molecule has 1 aromatic heterocycles. The first kappa shape index (κ1) is 14.1. The highest BCUT2D eigenvalue weighted by molar-refractivity contribution is 5.89. The van der Waals surface area contributed by atoms with Crippen molar-refractivity contribution in [3.63, 3.8) is 0 Å². The normalized spacial score (nSPS) is 16.7. The zero-order chi connectivity index (χ0) is 13.7. The lowest BCUT2D eigenvalue weighted by Gasteiger charge is -2.26. The van der Waals surface area contributed by atoms with Crippen molar-refractivity contribution in [2.45, 2.75) is 32.4 Å². The number of likely N-dealkylation sites (tertiary alicyclic amines) is 1. The van der Waals surface area contributed by atoms with Gasteiger partial charge in [-0.05, 0) is 32.0 Å². The summed E-state index contributed by atoms with van der Waals surface area (Å²) in [6.07, 6.45) is 5.73. The van der Waals surface area contributed by atoms with E-state index in [0.717, 1.165) is 31.9 Å². The van der Waals surface area contributed by atoms with Gasteiger partial charge in [-0.2, -0.15) is 0 Å². The molecule has 106 valence electrons.